The van der Waals surface area contributed by atoms with Crippen LogP contribution in [0.25, 0.3) is 0 Å². The second kappa shape index (κ2) is 7.00. The van der Waals surface area contributed by atoms with Crippen LogP contribution in [0.3, 0.4) is 0 Å². The Bertz CT molecular complexity index is 636. The van der Waals surface area contributed by atoms with Gasteiger partial charge in [-0.05, 0) is 76.2 Å². The van der Waals surface area contributed by atoms with Gasteiger partial charge in [0.1, 0.15) is 28.0 Å². The molecule has 168 valence electrons. The molecule has 1 N–H and O–H groups in total. The third-order valence-electron chi connectivity index (χ3n) is 9.07. The summed E-state index contributed by atoms with van der Waals surface area (Å²) in [5.41, 5.74) is -1.54. The SMILES string of the molecule is OCCC=C1[C@@]2(CCCO2)[C@]2(CCCO2)C2(CCCO2)[C@]2(CCCO2)[C@@]12CCCO2. The molecule has 1 unspecified atom stereocenters. The molecule has 1 saturated carbocycles. The molecule has 6 rings (SSSR count). The topological polar surface area (TPSA) is 66.4 Å². The minimum absolute atomic E-state index is 0.124. The van der Waals surface area contributed by atoms with Crippen molar-refractivity contribution in [3.05, 3.63) is 11.6 Å². The fraction of sp³-hybridized carbons (Fsp3) is 0.917. The quantitative estimate of drug-likeness (QED) is 0.693. The molecule has 0 aromatic carbocycles. The number of ether oxygens (including phenoxy) is 5. The zero-order valence-corrected chi connectivity index (χ0v) is 18.1. The van der Waals surface area contributed by atoms with Crippen molar-refractivity contribution in [3.63, 3.8) is 0 Å². The predicted octanol–water partition coefficient (Wildman–Crippen LogP) is 3.05. The van der Waals surface area contributed by atoms with Gasteiger partial charge in [0.05, 0.1) is 0 Å². The summed E-state index contributed by atoms with van der Waals surface area (Å²) < 4.78 is 34.3. The Kier molecular flexibility index (Phi) is 4.70. The van der Waals surface area contributed by atoms with E-state index >= 15 is 0 Å². The molecule has 6 aliphatic rings. The minimum Gasteiger partial charge on any atom is -0.396 e. The van der Waals surface area contributed by atoms with Gasteiger partial charge in [-0.1, -0.05) is 6.08 Å². The molecule has 0 amide bonds. The Morgan fingerprint density at radius 2 is 1.03 bits per heavy atom. The first kappa shape index (κ1) is 20.1. The summed E-state index contributed by atoms with van der Waals surface area (Å²) in [6, 6.07) is 0. The predicted molar refractivity (Wildman–Crippen MR) is 109 cm³/mol. The molecule has 0 bridgehead atoms. The lowest BCUT2D eigenvalue weighted by atomic mass is 9.45. The molecule has 6 heteroatoms. The van der Waals surface area contributed by atoms with Gasteiger partial charge in [0.15, 0.2) is 0 Å². The summed E-state index contributed by atoms with van der Waals surface area (Å²) in [7, 11) is 0. The van der Waals surface area contributed by atoms with Crippen LogP contribution in [0, 0.1) is 0 Å². The Morgan fingerprint density at radius 1 is 0.600 bits per heavy atom. The normalized spacial score (nSPS) is 51.8. The van der Waals surface area contributed by atoms with E-state index in [-0.39, 0.29) is 6.61 Å². The summed E-state index contributed by atoms with van der Waals surface area (Å²) in [6.45, 7) is 3.83. The molecule has 30 heavy (non-hydrogen) atoms. The van der Waals surface area contributed by atoms with E-state index in [1.165, 1.54) is 5.57 Å². The molecule has 0 radical (unpaired) electrons. The molecule has 1 aliphatic carbocycles. The van der Waals surface area contributed by atoms with Crippen molar-refractivity contribution < 1.29 is 28.8 Å². The highest BCUT2D eigenvalue weighted by Gasteiger charge is 2.86. The van der Waals surface area contributed by atoms with E-state index in [9.17, 15) is 5.11 Å². The number of aliphatic hydroxyl groups excluding tert-OH is 1. The van der Waals surface area contributed by atoms with Crippen LogP contribution in [0.4, 0.5) is 0 Å². The van der Waals surface area contributed by atoms with Crippen LogP contribution in [0.1, 0.15) is 70.6 Å². The molecule has 6 nitrogen and oxygen atoms in total. The van der Waals surface area contributed by atoms with E-state index < -0.39 is 28.0 Å². The van der Waals surface area contributed by atoms with Crippen molar-refractivity contribution in [2.45, 2.75) is 98.6 Å². The molecule has 5 heterocycles. The second-order valence-electron chi connectivity index (χ2n) is 10.0. The van der Waals surface area contributed by atoms with E-state index in [1.54, 1.807) is 0 Å². The van der Waals surface area contributed by atoms with Crippen molar-refractivity contribution in [2.75, 3.05) is 39.6 Å². The molecule has 0 aromatic heterocycles. The van der Waals surface area contributed by atoms with Gasteiger partial charge in [-0.3, -0.25) is 0 Å². The Morgan fingerprint density at radius 3 is 1.40 bits per heavy atom. The third-order valence-corrected chi connectivity index (χ3v) is 9.07. The number of hydrogen-bond donors (Lipinski definition) is 1. The summed E-state index contributed by atoms with van der Waals surface area (Å²) in [5, 5.41) is 9.76. The standard InChI is InChI=1S/C24H36O6/c25-13-1-7-19-20(8-2-14-26-20)22(10-4-16-28-22)24(12-6-18-30-24)23(11-5-17-29-23)21(19)9-3-15-27-21/h7,25H,1-6,8-18H2/t20-,21+,22+,23-,24?. The van der Waals surface area contributed by atoms with Crippen LogP contribution in [-0.2, 0) is 23.7 Å². The summed E-state index contributed by atoms with van der Waals surface area (Å²) in [5.74, 6) is 0. The first-order chi connectivity index (χ1) is 14.7. The Balaban J connectivity index is 1.67. The number of hydrogen-bond acceptors (Lipinski definition) is 6. The summed E-state index contributed by atoms with van der Waals surface area (Å²) >= 11 is 0. The first-order valence-electron chi connectivity index (χ1n) is 12.2. The molecule has 6 fully saturated rings. The highest BCUT2D eigenvalue weighted by atomic mass is 16.6. The molecule has 5 aliphatic heterocycles. The zero-order chi connectivity index (χ0) is 20.3. The highest BCUT2D eigenvalue weighted by molar-refractivity contribution is 5.50. The van der Waals surface area contributed by atoms with Crippen molar-refractivity contribution in [2.24, 2.45) is 0 Å². The molecule has 5 saturated heterocycles. The third kappa shape index (κ3) is 2.07. The van der Waals surface area contributed by atoms with Gasteiger partial charge < -0.3 is 28.8 Å². The molecule has 5 spiro atoms. The van der Waals surface area contributed by atoms with E-state index in [4.69, 9.17) is 23.7 Å². The number of fused-ring (bicyclic) bond motifs is 4. The van der Waals surface area contributed by atoms with E-state index in [0.717, 1.165) is 97.2 Å². The second-order valence-corrected chi connectivity index (χ2v) is 10.0. The van der Waals surface area contributed by atoms with Crippen molar-refractivity contribution in [3.8, 4) is 0 Å². The molecular formula is C24H36O6. The smallest absolute Gasteiger partial charge is 0.133 e. The minimum atomic E-state index is -0.551. The van der Waals surface area contributed by atoms with E-state index in [0.29, 0.717) is 6.42 Å². The van der Waals surface area contributed by atoms with Crippen LogP contribution in [0.5, 0.6) is 0 Å². The summed E-state index contributed by atoms with van der Waals surface area (Å²) in [4.78, 5) is 0. The van der Waals surface area contributed by atoms with Crippen molar-refractivity contribution in [1.82, 2.24) is 0 Å². The average Bonchev–Trinajstić information content (AvgIpc) is 3.58. The maximum absolute atomic E-state index is 9.76. The monoisotopic (exact) mass is 420 g/mol. The first-order valence-corrected chi connectivity index (χ1v) is 12.2. The van der Waals surface area contributed by atoms with Crippen LogP contribution < -0.4 is 0 Å². The Labute approximate surface area is 179 Å². The lowest BCUT2D eigenvalue weighted by Gasteiger charge is -2.70. The maximum Gasteiger partial charge on any atom is 0.133 e. The van der Waals surface area contributed by atoms with Gasteiger partial charge in [-0.25, -0.2) is 0 Å². The highest BCUT2D eigenvalue weighted by Crippen LogP contribution is 2.72. The molecule has 5 atom stereocenters. The van der Waals surface area contributed by atoms with Crippen LogP contribution >= 0.6 is 0 Å². The fourth-order valence-electron chi connectivity index (χ4n) is 8.45. The average molecular weight is 421 g/mol. The fourth-order valence-corrected chi connectivity index (χ4v) is 8.45. The largest absolute Gasteiger partial charge is 0.396 e. The lowest BCUT2D eigenvalue weighted by Crippen LogP contribution is -2.86. The van der Waals surface area contributed by atoms with E-state index in [1.807, 2.05) is 0 Å². The number of aliphatic hydroxyl groups is 1. The van der Waals surface area contributed by atoms with Gasteiger partial charge in [0, 0.05) is 39.6 Å². The van der Waals surface area contributed by atoms with Gasteiger partial charge >= 0.3 is 0 Å². The van der Waals surface area contributed by atoms with Gasteiger partial charge in [-0.2, -0.15) is 0 Å². The van der Waals surface area contributed by atoms with Crippen LogP contribution in [0.2, 0.25) is 0 Å². The van der Waals surface area contributed by atoms with Crippen LogP contribution in [0.15, 0.2) is 11.6 Å². The number of rotatable bonds is 2. The van der Waals surface area contributed by atoms with Crippen molar-refractivity contribution in [1.29, 1.82) is 0 Å². The van der Waals surface area contributed by atoms with Crippen molar-refractivity contribution >= 4 is 0 Å². The lowest BCUT2D eigenvalue weighted by molar-refractivity contribution is -0.357. The zero-order valence-electron chi connectivity index (χ0n) is 18.1. The molecule has 0 aromatic rings. The summed E-state index contributed by atoms with van der Waals surface area (Å²) in [6.07, 6.45) is 12.6. The Hall–Kier alpha value is -0.500. The van der Waals surface area contributed by atoms with Crippen LogP contribution in [-0.4, -0.2) is 72.8 Å². The maximum atomic E-state index is 9.76. The molecular weight excluding hydrogens is 384 g/mol. The van der Waals surface area contributed by atoms with E-state index in [2.05, 4.69) is 6.08 Å². The van der Waals surface area contributed by atoms with Gasteiger partial charge in [0.25, 0.3) is 0 Å². The van der Waals surface area contributed by atoms with Gasteiger partial charge in [-0.15, -0.1) is 0 Å². The van der Waals surface area contributed by atoms with Gasteiger partial charge in [0.2, 0.25) is 0 Å².